The molecule has 3 aliphatic heterocycles. The maximum absolute atomic E-state index is 13.8. The summed E-state index contributed by atoms with van der Waals surface area (Å²) in [6, 6.07) is 3.63. The first-order valence-corrected chi connectivity index (χ1v) is 15.1. The van der Waals surface area contributed by atoms with Crippen LogP contribution in [0, 0.1) is 11.8 Å². The lowest BCUT2D eigenvalue weighted by molar-refractivity contribution is -0.157. The normalized spacial score (nSPS) is 34.7. The van der Waals surface area contributed by atoms with E-state index in [1.54, 1.807) is 40.0 Å². The topological polar surface area (TPSA) is 136 Å². The third-order valence-corrected chi connectivity index (χ3v) is 9.06. The Balaban J connectivity index is 1.80. The van der Waals surface area contributed by atoms with Crippen LogP contribution in [0.4, 0.5) is 10.5 Å². The molecular weight excluding hydrogens is 592 g/mol. The highest BCUT2D eigenvalue weighted by Gasteiger charge is 2.64. The minimum atomic E-state index is -1.77. The smallest absolute Gasteiger partial charge is 0.409 e. The number of halogens is 1. The van der Waals surface area contributed by atoms with E-state index in [1.165, 1.54) is 19.1 Å². The third kappa shape index (κ3) is 6.91. The molecule has 12 heteroatoms. The van der Waals surface area contributed by atoms with E-state index < -0.39 is 59.6 Å². The molecule has 0 aliphatic carbocycles. The van der Waals surface area contributed by atoms with Crippen LogP contribution in [0.15, 0.2) is 35.9 Å². The number of anilines is 1. The molecule has 0 spiro atoms. The summed E-state index contributed by atoms with van der Waals surface area (Å²) in [5.41, 5.74) is -0.587. The van der Waals surface area contributed by atoms with Crippen molar-refractivity contribution in [2.75, 3.05) is 26.2 Å². The van der Waals surface area contributed by atoms with Crippen LogP contribution in [0.2, 0.25) is 5.02 Å². The average Bonchev–Trinajstić information content (AvgIpc) is 3.66. The number of amides is 2. The molecule has 4 rings (SSSR count). The van der Waals surface area contributed by atoms with Crippen LogP contribution < -0.4 is 15.0 Å². The largest absolute Gasteiger partial charge is 0.495 e. The second-order valence-corrected chi connectivity index (χ2v) is 12.8. The molecule has 11 nitrogen and oxygen atoms in total. The summed E-state index contributed by atoms with van der Waals surface area (Å²) in [4.78, 5) is 40.7. The number of carbonyl (C=O) groups is 3. The van der Waals surface area contributed by atoms with Crippen LogP contribution in [0.1, 0.15) is 53.0 Å². The minimum Gasteiger partial charge on any atom is -0.495 e. The van der Waals surface area contributed by atoms with E-state index in [1.807, 2.05) is 32.1 Å². The Bertz CT molecular complexity index is 1350. The number of ether oxygens (including phenoxy) is 5. The SMILES string of the molecule is COc1cc2cc(c1Cl)N(C)C(=O)CC(OC(=O)C(C)C)[C@]1(C)O[C@H]1[C@H](C)[C@@H]1C[C@@](O)(NC(=O)O1)[C@H](OC)/C=C/C=C(\C)C2. The van der Waals surface area contributed by atoms with Gasteiger partial charge in [-0.2, -0.15) is 0 Å². The number of allylic oxidation sites excluding steroid dienone is 3. The van der Waals surface area contributed by atoms with Gasteiger partial charge in [0.1, 0.15) is 34.7 Å². The van der Waals surface area contributed by atoms with Gasteiger partial charge in [-0.25, -0.2) is 4.79 Å². The van der Waals surface area contributed by atoms with Gasteiger partial charge in [-0.15, -0.1) is 0 Å². The summed E-state index contributed by atoms with van der Waals surface area (Å²) in [5.74, 6) is -1.30. The fourth-order valence-electron chi connectivity index (χ4n) is 5.88. The van der Waals surface area contributed by atoms with Gasteiger partial charge < -0.3 is 33.7 Å². The average molecular weight is 635 g/mol. The molecule has 2 amide bonds. The van der Waals surface area contributed by atoms with E-state index >= 15 is 0 Å². The van der Waals surface area contributed by atoms with Gasteiger partial charge in [0.05, 0.1) is 31.2 Å². The monoisotopic (exact) mass is 634 g/mol. The number of hydrogen-bond donors (Lipinski definition) is 2. The molecule has 2 saturated heterocycles. The Kier molecular flexibility index (Phi) is 10.0. The van der Waals surface area contributed by atoms with Crippen molar-refractivity contribution in [3.05, 3.63) is 46.5 Å². The van der Waals surface area contributed by atoms with Gasteiger partial charge in [-0.1, -0.05) is 56.2 Å². The number of rotatable bonds is 4. The molecule has 0 saturated carbocycles. The summed E-state index contributed by atoms with van der Waals surface area (Å²) < 4.78 is 28.8. The van der Waals surface area contributed by atoms with Crippen molar-refractivity contribution >= 4 is 35.3 Å². The number of nitrogens with zero attached hydrogens (tertiary/aromatic N) is 1. The number of alkyl carbamates (subject to hydrolysis) is 1. The van der Waals surface area contributed by atoms with Gasteiger partial charge in [0.25, 0.3) is 0 Å². The molecule has 44 heavy (non-hydrogen) atoms. The van der Waals surface area contributed by atoms with E-state index in [2.05, 4.69) is 5.32 Å². The Morgan fingerprint density at radius 2 is 1.95 bits per heavy atom. The zero-order valence-electron chi connectivity index (χ0n) is 26.5. The van der Waals surface area contributed by atoms with Crippen LogP contribution in [0.3, 0.4) is 0 Å². The molecule has 4 bridgehead atoms. The molecule has 0 aromatic heterocycles. The van der Waals surface area contributed by atoms with E-state index in [0.29, 0.717) is 17.9 Å². The molecule has 7 atom stereocenters. The summed E-state index contributed by atoms with van der Waals surface area (Å²) in [6.45, 7) is 8.95. The first-order valence-electron chi connectivity index (χ1n) is 14.7. The number of epoxide rings is 1. The molecule has 1 aromatic carbocycles. The predicted molar refractivity (Wildman–Crippen MR) is 164 cm³/mol. The summed E-state index contributed by atoms with van der Waals surface area (Å²) >= 11 is 6.68. The van der Waals surface area contributed by atoms with Gasteiger partial charge in [0.15, 0.2) is 5.72 Å². The van der Waals surface area contributed by atoms with Crippen molar-refractivity contribution in [1.29, 1.82) is 0 Å². The number of aliphatic hydroxyl groups is 1. The van der Waals surface area contributed by atoms with Crippen molar-refractivity contribution in [3.8, 4) is 5.75 Å². The Labute approximate surface area is 263 Å². The highest BCUT2D eigenvalue weighted by molar-refractivity contribution is 6.35. The van der Waals surface area contributed by atoms with E-state index in [0.717, 1.165) is 11.1 Å². The zero-order valence-corrected chi connectivity index (χ0v) is 27.3. The Hall–Kier alpha value is -3.12. The standard InChI is InChI=1S/C32H43ClN2O9/c1-17(2)29(37)43-25-15-26(36)35(6)21-13-20(14-22(40-7)27(21)33)12-18(3)10-9-11-24(41-8)32(39)16-23(42-30(38)34-32)19(4)28-31(25,5)44-28/h9-11,13-14,17,19,23-25,28,39H,12,15-16H2,1-8H3,(H,34,38)/b11-9+,18-10+/t19-,23+,24-,25?,28+,31+,32+/m1/s1. The van der Waals surface area contributed by atoms with Crippen LogP contribution in [-0.4, -0.2) is 80.1 Å². The summed E-state index contributed by atoms with van der Waals surface area (Å²) in [6.07, 6.45) is 1.65. The van der Waals surface area contributed by atoms with Crippen LogP contribution in [0.5, 0.6) is 5.75 Å². The minimum absolute atomic E-state index is 0.00361. The molecular formula is C32H43ClN2O9. The number of fused-ring (bicyclic) bond motifs is 5. The molecule has 242 valence electrons. The van der Waals surface area contributed by atoms with E-state index in [4.69, 9.17) is 35.3 Å². The first-order chi connectivity index (χ1) is 20.6. The van der Waals surface area contributed by atoms with Crippen molar-refractivity contribution in [1.82, 2.24) is 5.32 Å². The fraction of sp³-hybridized carbons (Fsp3) is 0.594. The number of carbonyl (C=O) groups excluding carboxylic acids is 3. The third-order valence-electron chi connectivity index (χ3n) is 8.68. The van der Waals surface area contributed by atoms with Crippen molar-refractivity contribution in [2.24, 2.45) is 11.8 Å². The molecule has 0 radical (unpaired) electrons. The quantitative estimate of drug-likeness (QED) is 0.366. The van der Waals surface area contributed by atoms with Crippen LogP contribution in [0.25, 0.3) is 0 Å². The van der Waals surface area contributed by atoms with Gasteiger partial charge in [0, 0.05) is 26.5 Å². The van der Waals surface area contributed by atoms with Gasteiger partial charge in [-0.05, 0) is 38.0 Å². The Morgan fingerprint density at radius 3 is 2.59 bits per heavy atom. The van der Waals surface area contributed by atoms with Gasteiger partial charge in [0.2, 0.25) is 5.91 Å². The summed E-state index contributed by atoms with van der Waals surface area (Å²) in [5, 5.41) is 14.4. The molecule has 1 aromatic rings. The Morgan fingerprint density at radius 1 is 1.25 bits per heavy atom. The number of hydrogen-bond acceptors (Lipinski definition) is 9. The second kappa shape index (κ2) is 13.1. The van der Waals surface area contributed by atoms with E-state index in [9.17, 15) is 19.5 Å². The maximum atomic E-state index is 13.8. The molecule has 3 heterocycles. The van der Waals surface area contributed by atoms with Crippen molar-refractivity contribution in [2.45, 2.75) is 89.6 Å². The van der Waals surface area contributed by atoms with E-state index in [-0.39, 0.29) is 23.8 Å². The lowest BCUT2D eigenvalue weighted by atomic mass is 9.83. The lowest BCUT2D eigenvalue weighted by Crippen LogP contribution is -2.63. The number of nitrogens with one attached hydrogen (secondary N) is 1. The predicted octanol–water partition coefficient (Wildman–Crippen LogP) is 4.32. The zero-order chi connectivity index (χ0) is 32.6. The number of benzene rings is 1. The number of esters is 1. The fourth-order valence-corrected chi connectivity index (χ4v) is 6.19. The number of methoxy groups -OCH3 is 2. The molecule has 1 unspecified atom stereocenters. The maximum Gasteiger partial charge on any atom is 0.409 e. The molecule has 2 fully saturated rings. The van der Waals surface area contributed by atoms with Gasteiger partial charge in [-0.3, -0.25) is 14.9 Å². The van der Waals surface area contributed by atoms with Crippen LogP contribution >= 0.6 is 11.6 Å². The van der Waals surface area contributed by atoms with Gasteiger partial charge >= 0.3 is 12.1 Å². The second-order valence-electron chi connectivity index (χ2n) is 12.4. The lowest BCUT2D eigenvalue weighted by Gasteiger charge is -2.42. The van der Waals surface area contributed by atoms with Crippen LogP contribution in [-0.2, 0) is 35.0 Å². The molecule has 2 N–H and O–H groups in total. The summed E-state index contributed by atoms with van der Waals surface area (Å²) in [7, 11) is 4.56. The highest BCUT2D eigenvalue weighted by Crippen LogP contribution is 2.49. The first kappa shape index (κ1) is 33.8. The highest BCUT2D eigenvalue weighted by atomic mass is 35.5. The van der Waals surface area contributed by atoms with Crippen molar-refractivity contribution in [3.63, 3.8) is 0 Å². The molecule has 3 aliphatic rings. The van der Waals surface area contributed by atoms with Crippen molar-refractivity contribution < 1.29 is 43.2 Å².